The topological polar surface area (TPSA) is 60.7 Å². The van der Waals surface area contributed by atoms with Crippen LogP contribution >= 0.6 is 0 Å². The molecular formula is C28H38O3. The summed E-state index contributed by atoms with van der Waals surface area (Å²) in [4.78, 5) is 0. The van der Waals surface area contributed by atoms with Crippen molar-refractivity contribution in [1.82, 2.24) is 0 Å². The SMILES string of the molecule is Cc1cc(C2(CCc3ccc(C(O)O)cc3)CCCCC2)ccc1C=CC(O)C(C)C. The van der Waals surface area contributed by atoms with Crippen LogP contribution in [0, 0.1) is 12.8 Å². The summed E-state index contributed by atoms with van der Waals surface area (Å²) in [7, 11) is 0. The van der Waals surface area contributed by atoms with Gasteiger partial charge >= 0.3 is 0 Å². The van der Waals surface area contributed by atoms with Crippen molar-refractivity contribution in [2.24, 2.45) is 5.92 Å². The molecule has 1 aliphatic rings. The Labute approximate surface area is 187 Å². The summed E-state index contributed by atoms with van der Waals surface area (Å²) < 4.78 is 0. The van der Waals surface area contributed by atoms with Crippen LogP contribution in [0.4, 0.5) is 0 Å². The lowest BCUT2D eigenvalue weighted by atomic mass is 9.66. The molecule has 0 radical (unpaired) electrons. The summed E-state index contributed by atoms with van der Waals surface area (Å²) in [6.45, 7) is 6.22. The molecule has 0 amide bonds. The molecule has 3 rings (SSSR count). The highest BCUT2D eigenvalue weighted by Crippen LogP contribution is 2.43. The standard InChI is InChI=1S/C28H38O3/c1-20(2)26(29)14-12-23-11-13-25(19-21(23)3)28(16-5-4-6-17-28)18-15-22-7-9-24(10-8-22)27(30)31/h7-14,19-20,26-27,29-31H,4-6,15-18H2,1-3H3. The zero-order valence-electron chi connectivity index (χ0n) is 19.2. The summed E-state index contributed by atoms with van der Waals surface area (Å²) in [6.07, 6.45) is 10.5. The number of benzene rings is 2. The van der Waals surface area contributed by atoms with E-state index >= 15 is 0 Å². The Morgan fingerprint density at radius 1 is 0.935 bits per heavy atom. The van der Waals surface area contributed by atoms with Crippen LogP contribution < -0.4 is 0 Å². The summed E-state index contributed by atoms with van der Waals surface area (Å²) >= 11 is 0. The fourth-order valence-corrected chi connectivity index (χ4v) is 4.77. The molecule has 3 heteroatoms. The van der Waals surface area contributed by atoms with Crippen molar-refractivity contribution in [3.8, 4) is 0 Å². The maximum atomic E-state index is 10.1. The largest absolute Gasteiger partial charge is 0.389 e. The van der Waals surface area contributed by atoms with Crippen LogP contribution in [0.1, 0.15) is 86.5 Å². The number of aliphatic hydroxyl groups excluding tert-OH is 2. The number of aliphatic hydroxyl groups is 3. The molecule has 1 saturated carbocycles. The van der Waals surface area contributed by atoms with Gasteiger partial charge in [0.25, 0.3) is 0 Å². The third-order valence-corrected chi connectivity index (χ3v) is 7.02. The molecule has 0 aliphatic heterocycles. The van der Waals surface area contributed by atoms with Crippen molar-refractivity contribution in [3.05, 3.63) is 76.4 Å². The van der Waals surface area contributed by atoms with E-state index in [1.165, 1.54) is 54.4 Å². The predicted octanol–water partition coefficient (Wildman–Crippen LogP) is 5.84. The quantitative estimate of drug-likeness (QED) is 0.468. The first kappa shape index (κ1) is 23.7. The van der Waals surface area contributed by atoms with E-state index in [0.29, 0.717) is 5.56 Å². The normalized spacial score (nSPS) is 17.5. The van der Waals surface area contributed by atoms with Crippen LogP contribution in [0.2, 0.25) is 0 Å². The fraction of sp³-hybridized carbons (Fsp3) is 0.500. The van der Waals surface area contributed by atoms with Gasteiger partial charge in [0, 0.05) is 5.56 Å². The maximum Gasteiger partial charge on any atom is 0.178 e. The first-order valence-corrected chi connectivity index (χ1v) is 11.7. The van der Waals surface area contributed by atoms with Crippen molar-refractivity contribution in [1.29, 1.82) is 0 Å². The van der Waals surface area contributed by atoms with Crippen LogP contribution in [0.3, 0.4) is 0 Å². The lowest BCUT2D eigenvalue weighted by Crippen LogP contribution is -2.30. The van der Waals surface area contributed by atoms with Crippen LogP contribution in [0.5, 0.6) is 0 Å². The van der Waals surface area contributed by atoms with Crippen LogP contribution in [-0.2, 0) is 11.8 Å². The molecule has 2 aromatic rings. The van der Waals surface area contributed by atoms with Gasteiger partial charge in [0.2, 0.25) is 0 Å². The highest BCUT2D eigenvalue weighted by molar-refractivity contribution is 5.55. The Hall–Kier alpha value is -1.94. The van der Waals surface area contributed by atoms with E-state index in [9.17, 15) is 15.3 Å². The molecule has 1 atom stereocenters. The molecule has 1 aliphatic carbocycles. The third-order valence-electron chi connectivity index (χ3n) is 7.02. The molecule has 1 unspecified atom stereocenters. The lowest BCUT2D eigenvalue weighted by Gasteiger charge is -2.38. The smallest absolute Gasteiger partial charge is 0.178 e. The average molecular weight is 423 g/mol. The molecular weight excluding hydrogens is 384 g/mol. The summed E-state index contributed by atoms with van der Waals surface area (Å²) in [5, 5.41) is 28.7. The molecule has 168 valence electrons. The van der Waals surface area contributed by atoms with Gasteiger partial charge in [-0.25, -0.2) is 0 Å². The summed E-state index contributed by atoms with van der Waals surface area (Å²) in [6, 6.07) is 14.5. The van der Waals surface area contributed by atoms with E-state index in [0.717, 1.165) is 12.8 Å². The van der Waals surface area contributed by atoms with Gasteiger partial charge in [0.05, 0.1) is 6.10 Å². The first-order valence-electron chi connectivity index (χ1n) is 11.7. The molecule has 3 nitrogen and oxygen atoms in total. The van der Waals surface area contributed by atoms with Gasteiger partial charge in [0.15, 0.2) is 6.29 Å². The monoisotopic (exact) mass is 422 g/mol. The maximum absolute atomic E-state index is 10.1. The van der Waals surface area contributed by atoms with Gasteiger partial charge in [-0.1, -0.05) is 87.7 Å². The first-order chi connectivity index (χ1) is 14.8. The number of hydrogen-bond donors (Lipinski definition) is 3. The van der Waals surface area contributed by atoms with Crippen LogP contribution in [-0.4, -0.2) is 21.4 Å². The average Bonchev–Trinajstić information content (AvgIpc) is 2.77. The van der Waals surface area contributed by atoms with Gasteiger partial charge < -0.3 is 15.3 Å². The zero-order chi connectivity index (χ0) is 22.4. The zero-order valence-corrected chi connectivity index (χ0v) is 19.2. The van der Waals surface area contributed by atoms with Gasteiger partial charge in [-0.05, 0) is 66.2 Å². The molecule has 0 aromatic heterocycles. The van der Waals surface area contributed by atoms with E-state index in [-0.39, 0.29) is 11.3 Å². The second-order valence-corrected chi connectivity index (χ2v) is 9.62. The van der Waals surface area contributed by atoms with Crippen molar-refractivity contribution in [2.45, 2.75) is 83.5 Å². The molecule has 0 bridgehead atoms. The molecule has 3 N–H and O–H groups in total. The fourth-order valence-electron chi connectivity index (χ4n) is 4.77. The summed E-state index contributed by atoms with van der Waals surface area (Å²) in [5.41, 5.74) is 5.86. The van der Waals surface area contributed by atoms with Gasteiger partial charge in [0.1, 0.15) is 0 Å². The number of aryl methyl sites for hydroxylation is 2. The van der Waals surface area contributed by atoms with Gasteiger partial charge in [-0.15, -0.1) is 0 Å². The third kappa shape index (κ3) is 6.06. The lowest BCUT2D eigenvalue weighted by molar-refractivity contribution is -0.0424. The van der Waals surface area contributed by atoms with Gasteiger partial charge in [-0.2, -0.15) is 0 Å². The predicted molar refractivity (Wildman–Crippen MR) is 128 cm³/mol. The number of hydrogen-bond acceptors (Lipinski definition) is 3. The minimum atomic E-state index is -1.41. The van der Waals surface area contributed by atoms with E-state index in [4.69, 9.17) is 0 Å². The summed E-state index contributed by atoms with van der Waals surface area (Å²) in [5.74, 6) is 0.219. The van der Waals surface area contributed by atoms with Crippen molar-refractivity contribution in [3.63, 3.8) is 0 Å². The second kappa shape index (κ2) is 10.6. The van der Waals surface area contributed by atoms with Gasteiger partial charge in [-0.3, -0.25) is 0 Å². The Bertz CT molecular complexity index is 858. The van der Waals surface area contributed by atoms with E-state index in [2.05, 4.69) is 31.2 Å². The number of rotatable bonds is 8. The highest BCUT2D eigenvalue weighted by Gasteiger charge is 2.33. The Balaban J connectivity index is 1.79. The van der Waals surface area contributed by atoms with Crippen molar-refractivity contribution >= 4 is 6.08 Å². The molecule has 0 spiro atoms. The Morgan fingerprint density at radius 3 is 2.19 bits per heavy atom. The minimum absolute atomic E-state index is 0.206. The van der Waals surface area contributed by atoms with E-state index < -0.39 is 12.4 Å². The molecule has 0 saturated heterocycles. The Kier molecular flexibility index (Phi) is 8.10. The molecule has 1 fully saturated rings. The van der Waals surface area contributed by atoms with E-state index in [1.807, 2.05) is 44.2 Å². The molecule has 31 heavy (non-hydrogen) atoms. The van der Waals surface area contributed by atoms with Crippen LogP contribution in [0.15, 0.2) is 48.5 Å². The second-order valence-electron chi connectivity index (χ2n) is 9.62. The van der Waals surface area contributed by atoms with Crippen molar-refractivity contribution in [2.75, 3.05) is 0 Å². The van der Waals surface area contributed by atoms with E-state index in [1.54, 1.807) is 0 Å². The van der Waals surface area contributed by atoms with Crippen LogP contribution in [0.25, 0.3) is 6.08 Å². The highest BCUT2D eigenvalue weighted by atomic mass is 16.5. The minimum Gasteiger partial charge on any atom is -0.389 e. The van der Waals surface area contributed by atoms with Crippen molar-refractivity contribution < 1.29 is 15.3 Å². The molecule has 2 aromatic carbocycles. The molecule has 0 heterocycles. The Morgan fingerprint density at radius 2 is 1.61 bits per heavy atom.